The number of nitrogens with one attached hydrogen (secondary N) is 1. The SMILES string of the molecule is Cc1cc(CC2COCC2NC(=O)c2cnc(C)nc2-c2ccccc2)on1. The van der Waals surface area contributed by atoms with Crippen molar-refractivity contribution in [2.45, 2.75) is 26.3 Å². The van der Waals surface area contributed by atoms with Crippen LogP contribution in [-0.4, -0.2) is 40.3 Å². The highest BCUT2D eigenvalue weighted by atomic mass is 16.5. The number of nitrogens with zero attached hydrogens (tertiary/aromatic N) is 3. The Labute approximate surface area is 163 Å². The molecule has 1 aliphatic rings. The molecule has 2 aromatic heterocycles. The van der Waals surface area contributed by atoms with E-state index in [0.717, 1.165) is 17.0 Å². The third-order valence-corrected chi connectivity index (χ3v) is 4.86. The van der Waals surface area contributed by atoms with Crippen LogP contribution in [0.3, 0.4) is 0 Å². The van der Waals surface area contributed by atoms with Gasteiger partial charge in [0.15, 0.2) is 0 Å². The molecule has 4 rings (SSSR count). The topological polar surface area (TPSA) is 90.1 Å². The number of rotatable bonds is 5. The Bertz CT molecular complexity index is 971. The molecule has 0 radical (unpaired) electrons. The highest BCUT2D eigenvalue weighted by Gasteiger charge is 2.31. The standard InChI is InChI=1S/C21H22N4O3/c1-13-8-17(28-25-13)9-16-11-27-12-19(16)24-21(26)18-10-22-14(2)23-20(18)15-6-4-3-5-7-15/h3-8,10,16,19H,9,11-12H2,1-2H3,(H,24,26). The van der Waals surface area contributed by atoms with Crippen molar-refractivity contribution in [1.82, 2.24) is 20.4 Å². The zero-order valence-electron chi connectivity index (χ0n) is 15.9. The number of aryl methyl sites for hydroxylation is 2. The van der Waals surface area contributed by atoms with E-state index in [9.17, 15) is 4.79 Å². The molecular formula is C21H22N4O3. The number of hydrogen-bond acceptors (Lipinski definition) is 6. The van der Waals surface area contributed by atoms with Gasteiger partial charge in [-0.05, 0) is 13.8 Å². The van der Waals surface area contributed by atoms with Gasteiger partial charge in [0, 0.05) is 30.2 Å². The van der Waals surface area contributed by atoms with Gasteiger partial charge in [0.25, 0.3) is 5.91 Å². The van der Waals surface area contributed by atoms with Gasteiger partial charge in [-0.1, -0.05) is 35.5 Å². The summed E-state index contributed by atoms with van der Waals surface area (Å²) in [5, 5.41) is 7.02. The van der Waals surface area contributed by atoms with E-state index in [1.807, 2.05) is 50.2 Å². The summed E-state index contributed by atoms with van der Waals surface area (Å²) in [4.78, 5) is 21.8. The number of carbonyl (C=O) groups excluding carboxylic acids is 1. The number of benzene rings is 1. The molecule has 28 heavy (non-hydrogen) atoms. The first-order chi connectivity index (χ1) is 13.6. The van der Waals surface area contributed by atoms with Crippen molar-refractivity contribution in [1.29, 1.82) is 0 Å². The van der Waals surface area contributed by atoms with Crippen LogP contribution in [-0.2, 0) is 11.2 Å². The Morgan fingerprint density at radius 3 is 2.79 bits per heavy atom. The number of amides is 1. The molecule has 3 heterocycles. The normalized spacial score (nSPS) is 18.9. The summed E-state index contributed by atoms with van der Waals surface area (Å²) in [6.07, 6.45) is 2.26. The largest absolute Gasteiger partial charge is 0.379 e. The smallest absolute Gasteiger partial charge is 0.255 e. The van der Waals surface area contributed by atoms with Crippen LogP contribution in [0.15, 0.2) is 47.1 Å². The molecule has 0 bridgehead atoms. The Morgan fingerprint density at radius 1 is 1.21 bits per heavy atom. The first-order valence-electron chi connectivity index (χ1n) is 9.30. The lowest BCUT2D eigenvalue weighted by Crippen LogP contribution is -2.41. The van der Waals surface area contributed by atoms with Crippen molar-refractivity contribution in [2.75, 3.05) is 13.2 Å². The number of ether oxygens (including phenoxy) is 1. The quantitative estimate of drug-likeness (QED) is 0.734. The summed E-state index contributed by atoms with van der Waals surface area (Å²) in [6, 6.07) is 11.5. The van der Waals surface area contributed by atoms with Crippen molar-refractivity contribution in [2.24, 2.45) is 5.92 Å². The van der Waals surface area contributed by atoms with Gasteiger partial charge >= 0.3 is 0 Å². The summed E-state index contributed by atoms with van der Waals surface area (Å²) >= 11 is 0. The number of carbonyl (C=O) groups is 1. The Morgan fingerprint density at radius 2 is 2.04 bits per heavy atom. The lowest BCUT2D eigenvalue weighted by atomic mass is 9.97. The van der Waals surface area contributed by atoms with E-state index in [0.29, 0.717) is 36.7 Å². The van der Waals surface area contributed by atoms with Gasteiger partial charge in [0.05, 0.1) is 36.2 Å². The molecule has 1 fully saturated rings. The lowest BCUT2D eigenvalue weighted by molar-refractivity contribution is 0.0924. The fourth-order valence-corrected chi connectivity index (χ4v) is 3.43. The maximum atomic E-state index is 13.0. The minimum atomic E-state index is -0.201. The molecule has 144 valence electrons. The maximum absolute atomic E-state index is 13.0. The Balaban J connectivity index is 1.53. The number of hydrogen-bond donors (Lipinski definition) is 1. The minimum absolute atomic E-state index is 0.108. The fraction of sp³-hybridized carbons (Fsp3) is 0.333. The van der Waals surface area contributed by atoms with Crippen LogP contribution in [0.1, 0.15) is 27.6 Å². The van der Waals surface area contributed by atoms with Gasteiger partial charge in [-0.15, -0.1) is 0 Å². The third kappa shape index (κ3) is 3.94. The van der Waals surface area contributed by atoms with E-state index in [1.54, 1.807) is 6.20 Å². The van der Waals surface area contributed by atoms with Gasteiger partial charge in [0.1, 0.15) is 11.6 Å². The van der Waals surface area contributed by atoms with Crippen LogP contribution in [0.4, 0.5) is 0 Å². The van der Waals surface area contributed by atoms with Crippen LogP contribution >= 0.6 is 0 Å². The van der Waals surface area contributed by atoms with Crippen LogP contribution in [0.5, 0.6) is 0 Å². The van der Waals surface area contributed by atoms with Gasteiger partial charge in [-0.3, -0.25) is 4.79 Å². The van der Waals surface area contributed by atoms with E-state index in [2.05, 4.69) is 20.4 Å². The second-order valence-electron chi connectivity index (χ2n) is 7.06. The second kappa shape index (κ2) is 7.90. The molecule has 1 N–H and O–H groups in total. The fourth-order valence-electron chi connectivity index (χ4n) is 3.43. The van der Waals surface area contributed by atoms with E-state index >= 15 is 0 Å². The van der Waals surface area contributed by atoms with Crippen molar-refractivity contribution in [3.63, 3.8) is 0 Å². The molecule has 1 aliphatic heterocycles. The van der Waals surface area contributed by atoms with Crippen molar-refractivity contribution in [3.8, 4) is 11.3 Å². The predicted molar refractivity (Wildman–Crippen MR) is 103 cm³/mol. The van der Waals surface area contributed by atoms with Crippen LogP contribution in [0, 0.1) is 19.8 Å². The third-order valence-electron chi connectivity index (χ3n) is 4.86. The zero-order chi connectivity index (χ0) is 19.5. The van der Waals surface area contributed by atoms with E-state index < -0.39 is 0 Å². The van der Waals surface area contributed by atoms with E-state index in [-0.39, 0.29) is 17.9 Å². The predicted octanol–water partition coefficient (Wildman–Crippen LogP) is 2.74. The first-order valence-corrected chi connectivity index (χ1v) is 9.30. The first kappa shape index (κ1) is 18.3. The van der Waals surface area contributed by atoms with Crippen molar-refractivity contribution >= 4 is 5.91 Å². The highest BCUT2D eigenvalue weighted by Crippen LogP contribution is 2.23. The highest BCUT2D eigenvalue weighted by molar-refractivity contribution is 5.99. The molecule has 7 nitrogen and oxygen atoms in total. The molecule has 1 amide bonds. The van der Waals surface area contributed by atoms with E-state index in [4.69, 9.17) is 9.26 Å². The zero-order valence-corrected chi connectivity index (χ0v) is 15.9. The van der Waals surface area contributed by atoms with Gasteiger partial charge in [0.2, 0.25) is 0 Å². The minimum Gasteiger partial charge on any atom is -0.379 e. The van der Waals surface area contributed by atoms with Gasteiger partial charge in [-0.25, -0.2) is 9.97 Å². The Hall–Kier alpha value is -3.06. The maximum Gasteiger partial charge on any atom is 0.255 e. The number of aromatic nitrogens is 3. The molecule has 0 aliphatic carbocycles. The monoisotopic (exact) mass is 378 g/mol. The van der Waals surface area contributed by atoms with Crippen molar-refractivity contribution in [3.05, 3.63) is 65.4 Å². The Kier molecular flexibility index (Phi) is 5.16. The summed E-state index contributed by atoms with van der Waals surface area (Å²) < 4.78 is 10.9. The van der Waals surface area contributed by atoms with Crippen LogP contribution in [0.2, 0.25) is 0 Å². The molecule has 7 heteroatoms. The average Bonchev–Trinajstić information content (AvgIpc) is 3.31. The summed E-state index contributed by atoms with van der Waals surface area (Å²) in [7, 11) is 0. The van der Waals surface area contributed by atoms with Gasteiger partial charge in [-0.2, -0.15) is 0 Å². The van der Waals surface area contributed by atoms with Crippen LogP contribution < -0.4 is 5.32 Å². The molecule has 1 aromatic carbocycles. The summed E-state index contributed by atoms with van der Waals surface area (Å²) in [6.45, 7) is 4.74. The van der Waals surface area contributed by atoms with Gasteiger partial charge < -0.3 is 14.6 Å². The van der Waals surface area contributed by atoms with Crippen LogP contribution in [0.25, 0.3) is 11.3 Å². The second-order valence-corrected chi connectivity index (χ2v) is 7.06. The summed E-state index contributed by atoms with van der Waals surface area (Å²) in [5.74, 6) is 1.35. The summed E-state index contributed by atoms with van der Waals surface area (Å²) in [5.41, 5.74) is 2.82. The molecule has 1 saturated heterocycles. The van der Waals surface area contributed by atoms with E-state index in [1.165, 1.54) is 0 Å². The van der Waals surface area contributed by atoms with Crippen molar-refractivity contribution < 1.29 is 14.1 Å². The molecule has 2 atom stereocenters. The molecule has 0 saturated carbocycles. The molecule has 2 unspecified atom stereocenters. The average molecular weight is 378 g/mol. The molecular weight excluding hydrogens is 356 g/mol. The molecule has 0 spiro atoms. The molecule has 3 aromatic rings. The lowest BCUT2D eigenvalue weighted by Gasteiger charge is -2.19.